The quantitative estimate of drug-likeness (QED) is 0.474. The van der Waals surface area contributed by atoms with Crippen LogP contribution in [0.25, 0.3) is 22.6 Å². The number of halogens is 1. The molecule has 4 rings (SSSR count). The van der Waals surface area contributed by atoms with Gasteiger partial charge in [0.2, 0.25) is 0 Å². The van der Waals surface area contributed by atoms with E-state index < -0.39 is 6.10 Å². The molecule has 4 aromatic rings. The van der Waals surface area contributed by atoms with E-state index in [-0.39, 0.29) is 0 Å². The minimum absolute atomic E-state index is 0.327. The number of nitrogens with zero attached hydrogens (tertiary/aromatic N) is 3. The number of rotatable bonds is 6. The minimum Gasteiger partial charge on any atom is -0.387 e. The Morgan fingerprint density at radius 1 is 0.897 bits per heavy atom. The molecule has 2 aromatic heterocycles. The van der Waals surface area contributed by atoms with Crippen molar-refractivity contribution in [3.63, 3.8) is 0 Å². The summed E-state index contributed by atoms with van der Waals surface area (Å²) >= 11 is 6.02. The SMILES string of the molecule is O[C@@H](CNc1cc(-c2ccc(Cl)cc2)nc(-c2cccnc2)n1)c1ccccc1. The summed E-state index contributed by atoms with van der Waals surface area (Å²) in [6.45, 7) is 0.327. The van der Waals surface area contributed by atoms with Crippen LogP contribution in [-0.2, 0) is 0 Å². The predicted molar refractivity (Wildman–Crippen MR) is 116 cm³/mol. The highest BCUT2D eigenvalue weighted by Crippen LogP contribution is 2.25. The lowest BCUT2D eigenvalue weighted by atomic mass is 10.1. The standard InChI is InChI=1S/C23H19ClN4O/c24-19-10-8-16(9-11-19)20-13-22(26-15-21(29)17-5-2-1-3-6-17)28-23(27-20)18-7-4-12-25-14-18/h1-14,21,29H,15H2,(H,26,27,28)/t21-/m0/s1. The zero-order valence-electron chi connectivity index (χ0n) is 15.5. The maximum Gasteiger partial charge on any atom is 0.163 e. The van der Waals surface area contributed by atoms with E-state index in [1.165, 1.54) is 0 Å². The molecule has 2 aromatic carbocycles. The van der Waals surface area contributed by atoms with Crippen molar-refractivity contribution >= 4 is 17.4 Å². The number of hydrogen-bond donors (Lipinski definition) is 2. The highest BCUT2D eigenvalue weighted by atomic mass is 35.5. The molecule has 0 saturated heterocycles. The number of benzene rings is 2. The molecule has 0 fully saturated rings. The van der Waals surface area contributed by atoms with Gasteiger partial charge in [-0.3, -0.25) is 4.98 Å². The summed E-state index contributed by atoms with van der Waals surface area (Å²) < 4.78 is 0. The van der Waals surface area contributed by atoms with Gasteiger partial charge in [0.05, 0.1) is 11.8 Å². The molecule has 5 nitrogen and oxygen atoms in total. The van der Waals surface area contributed by atoms with Crippen LogP contribution >= 0.6 is 11.6 Å². The van der Waals surface area contributed by atoms with Crippen LogP contribution in [0.15, 0.2) is 85.2 Å². The summed E-state index contributed by atoms with van der Waals surface area (Å²) in [7, 11) is 0. The Morgan fingerprint density at radius 3 is 2.41 bits per heavy atom. The second kappa shape index (κ2) is 8.82. The van der Waals surface area contributed by atoms with E-state index in [9.17, 15) is 5.11 Å². The number of aliphatic hydroxyl groups is 1. The second-order valence-electron chi connectivity index (χ2n) is 6.52. The Labute approximate surface area is 174 Å². The smallest absolute Gasteiger partial charge is 0.163 e. The summed E-state index contributed by atoms with van der Waals surface area (Å²) in [6.07, 6.45) is 2.79. The minimum atomic E-state index is -0.646. The van der Waals surface area contributed by atoms with Crippen LogP contribution in [0.2, 0.25) is 5.02 Å². The Morgan fingerprint density at radius 2 is 1.69 bits per heavy atom. The lowest BCUT2D eigenvalue weighted by molar-refractivity contribution is 0.191. The Hall–Kier alpha value is -3.28. The summed E-state index contributed by atoms with van der Waals surface area (Å²) in [6, 6.07) is 22.6. The predicted octanol–water partition coefficient (Wildman–Crippen LogP) is 5.00. The van der Waals surface area contributed by atoms with Crippen LogP contribution < -0.4 is 5.32 Å². The lowest BCUT2D eigenvalue weighted by Crippen LogP contribution is -2.13. The van der Waals surface area contributed by atoms with E-state index in [2.05, 4.69) is 15.3 Å². The van der Waals surface area contributed by atoms with Gasteiger partial charge in [0.1, 0.15) is 5.82 Å². The molecule has 6 heteroatoms. The average Bonchev–Trinajstić information content (AvgIpc) is 2.79. The van der Waals surface area contributed by atoms with E-state index in [0.29, 0.717) is 23.2 Å². The van der Waals surface area contributed by atoms with Gasteiger partial charge in [0.15, 0.2) is 5.82 Å². The normalized spacial score (nSPS) is 11.8. The highest BCUT2D eigenvalue weighted by Gasteiger charge is 2.11. The topological polar surface area (TPSA) is 70.9 Å². The molecule has 1 atom stereocenters. The summed E-state index contributed by atoms with van der Waals surface area (Å²) in [5.74, 6) is 1.18. The first-order chi connectivity index (χ1) is 14.2. The van der Waals surface area contributed by atoms with Crippen LogP contribution in [0.1, 0.15) is 11.7 Å². The third-order valence-electron chi connectivity index (χ3n) is 4.45. The van der Waals surface area contributed by atoms with Gasteiger partial charge in [-0.1, -0.05) is 54.1 Å². The number of nitrogens with one attached hydrogen (secondary N) is 1. The third-order valence-corrected chi connectivity index (χ3v) is 4.70. The van der Waals surface area contributed by atoms with Crippen molar-refractivity contribution in [2.24, 2.45) is 0 Å². The number of hydrogen-bond acceptors (Lipinski definition) is 5. The van der Waals surface area contributed by atoms with Gasteiger partial charge in [0.25, 0.3) is 0 Å². The molecular weight excluding hydrogens is 384 g/mol. The van der Waals surface area contributed by atoms with Crippen LogP contribution in [-0.4, -0.2) is 26.6 Å². The van der Waals surface area contributed by atoms with Crippen LogP contribution in [0, 0.1) is 0 Å². The van der Waals surface area contributed by atoms with E-state index >= 15 is 0 Å². The van der Waals surface area contributed by atoms with Crippen LogP contribution in [0.5, 0.6) is 0 Å². The third kappa shape index (κ3) is 4.77. The molecule has 0 bridgehead atoms. The second-order valence-corrected chi connectivity index (χ2v) is 6.95. The van der Waals surface area contributed by atoms with Crippen molar-refractivity contribution < 1.29 is 5.11 Å². The fourth-order valence-corrected chi connectivity index (χ4v) is 3.05. The van der Waals surface area contributed by atoms with Gasteiger partial charge < -0.3 is 10.4 Å². The van der Waals surface area contributed by atoms with Gasteiger partial charge in [-0.05, 0) is 29.8 Å². The van der Waals surface area contributed by atoms with E-state index in [0.717, 1.165) is 22.4 Å². The Kier molecular flexibility index (Phi) is 5.79. The summed E-state index contributed by atoms with van der Waals surface area (Å²) in [5.41, 5.74) is 3.34. The molecule has 0 aliphatic heterocycles. The number of aliphatic hydroxyl groups excluding tert-OH is 1. The lowest BCUT2D eigenvalue weighted by Gasteiger charge is -2.14. The molecule has 2 N–H and O–H groups in total. The van der Waals surface area contributed by atoms with Crippen molar-refractivity contribution in [3.05, 3.63) is 95.8 Å². The van der Waals surface area contributed by atoms with Gasteiger partial charge in [-0.2, -0.15) is 0 Å². The van der Waals surface area contributed by atoms with Crippen molar-refractivity contribution in [1.82, 2.24) is 15.0 Å². The molecule has 144 valence electrons. The van der Waals surface area contributed by atoms with Crippen molar-refractivity contribution in [2.75, 3.05) is 11.9 Å². The molecule has 0 aliphatic carbocycles. The first kappa shape index (κ1) is 19.1. The van der Waals surface area contributed by atoms with Crippen LogP contribution in [0.4, 0.5) is 5.82 Å². The molecular formula is C23H19ClN4O. The zero-order valence-corrected chi connectivity index (χ0v) is 16.3. The molecule has 2 heterocycles. The van der Waals surface area contributed by atoms with Gasteiger partial charge >= 0.3 is 0 Å². The molecule has 0 aliphatic rings. The zero-order chi connectivity index (χ0) is 20.1. The van der Waals surface area contributed by atoms with Gasteiger partial charge in [0, 0.05) is 41.2 Å². The highest BCUT2D eigenvalue weighted by molar-refractivity contribution is 6.30. The molecule has 0 amide bonds. The molecule has 0 saturated carbocycles. The Balaban J connectivity index is 1.65. The summed E-state index contributed by atoms with van der Waals surface area (Å²) in [4.78, 5) is 13.5. The maximum atomic E-state index is 10.5. The fourth-order valence-electron chi connectivity index (χ4n) is 2.92. The van der Waals surface area contributed by atoms with E-state index in [4.69, 9.17) is 16.6 Å². The largest absolute Gasteiger partial charge is 0.387 e. The summed E-state index contributed by atoms with van der Waals surface area (Å²) in [5, 5.41) is 14.3. The molecule has 0 spiro atoms. The molecule has 0 unspecified atom stereocenters. The first-order valence-corrected chi connectivity index (χ1v) is 9.59. The van der Waals surface area contributed by atoms with Crippen LogP contribution in [0.3, 0.4) is 0 Å². The van der Waals surface area contributed by atoms with Crippen molar-refractivity contribution in [2.45, 2.75) is 6.10 Å². The van der Waals surface area contributed by atoms with Crippen molar-refractivity contribution in [3.8, 4) is 22.6 Å². The van der Waals surface area contributed by atoms with Crippen molar-refractivity contribution in [1.29, 1.82) is 0 Å². The number of aromatic nitrogens is 3. The Bertz CT molecular complexity index is 1070. The first-order valence-electron chi connectivity index (χ1n) is 9.21. The monoisotopic (exact) mass is 402 g/mol. The molecule has 29 heavy (non-hydrogen) atoms. The van der Waals surface area contributed by atoms with E-state index in [1.54, 1.807) is 12.4 Å². The number of anilines is 1. The van der Waals surface area contributed by atoms with Gasteiger partial charge in [-0.15, -0.1) is 0 Å². The maximum absolute atomic E-state index is 10.5. The fraction of sp³-hybridized carbons (Fsp3) is 0.0870. The van der Waals surface area contributed by atoms with Gasteiger partial charge in [-0.25, -0.2) is 9.97 Å². The number of pyridine rings is 1. The average molecular weight is 403 g/mol. The van der Waals surface area contributed by atoms with E-state index in [1.807, 2.05) is 72.8 Å². The molecule has 0 radical (unpaired) electrons.